The summed E-state index contributed by atoms with van der Waals surface area (Å²) in [5.74, 6) is 9.07. The number of anilines is 1. The van der Waals surface area contributed by atoms with Gasteiger partial charge in [-0.1, -0.05) is 170 Å². The Labute approximate surface area is 461 Å². The number of aromatic nitrogens is 1. The molecule has 0 saturated carbocycles. The third kappa shape index (κ3) is 8.36. The van der Waals surface area contributed by atoms with Gasteiger partial charge in [0.05, 0.1) is 17.0 Å². The van der Waals surface area contributed by atoms with Gasteiger partial charge in [0.2, 0.25) is 0 Å². The highest BCUT2D eigenvalue weighted by Crippen LogP contribution is 2.44. The lowest BCUT2D eigenvalue weighted by Gasteiger charge is -2.29. The van der Waals surface area contributed by atoms with Crippen molar-refractivity contribution in [3.8, 4) is 50.9 Å². The minimum atomic E-state index is -0.451. The molecule has 0 saturated heterocycles. The second-order valence-corrected chi connectivity index (χ2v) is 21.5. The average Bonchev–Trinajstić information content (AvgIpc) is 4.38. The van der Waals surface area contributed by atoms with Crippen LogP contribution in [0.2, 0.25) is 0 Å². The van der Waals surface area contributed by atoms with Crippen molar-refractivity contribution >= 4 is 56.2 Å². The lowest BCUT2D eigenvalue weighted by molar-refractivity contribution is 0.546. The number of amidine groups is 2. The number of nitrogens with zero attached hydrogens (tertiary/aromatic N) is 4. The fourth-order valence-electron chi connectivity index (χ4n) is 12.8. The summed E-state index contributed by atoms with van der Waals surface area (Å²) in [5.41, 5.74) is 22.8. The van der Waals surface area contributed by atoms with Crippen LogP contribution in [0.1, 0.15) is 78.3 Å². The maximum atomic E-state index is 6.49. The molecule has 1 N–H and O–H groups in total. The van der Waals surface area contributed by atoms with Crippen LogP contribution in [-0.4, -0.2) is 23.3 Å². The van der Waals surface area contributed by atoms with E-state index in [0.717, 1.165) is 101 Å². The van der Waals surface area contributed by atoms with Crippen molar-refractivity contribution in [2.75, 3.05) is 11.9 Å². The van der Waals surface area contributed by atoms with Crippen molar-refractivity contribution in [2.24, 2.45) is 15.9 Å². The first-order valence-corrected chi connectivity index (χ1v) is 28.0. The van der Waals surface area contributed by atoms with E-state index < -0.39 is 6.17 Å². The number of hydrogen-bond acceptors (Lipinski definition) is 5. The molecule has 6 heteroatoms. The van der Waals surface area contributed by atoms with Crippen molar-refractivity contribution in [3.63, 3.8) is 0 Å². The second kappa shape index (κ2) is 19.5. The van der Waals surface area contributed by atoms with Crippen LogP contribution in [-0.2, 0) is 12.8 Å². The van der Waals surface area contributed by atoms with Crippen LogP contribution >= 0.6 is 0 Å². The summed E-state index contributed by atoms with van der Waals surface area (Å²) in [7, 11) is 2.25. The van der Waals surface area contributed by atoms with Crippen molar-refractivity contribution in [3.05, 3.63) is 257 Å². The second-order valence-electron chi connectivity index (χ2n) is 21.5. The van der Waals surface area contributed by atoms with Gasteiger partial charge in [-0.25, -0.2) is 9.98 Å². The van der Waals surface area contributed by atoms with Crippen LogP contribution in [0, 0.1) is 17.8 Å². The maximum Gasteiger partial charge on any atom is 0.159 e. The van der Waals surface area contributed by atoms with Gasteiger partial charge >= 0.3 is 0 Å². The number of nitrogens with one attached hydrogen (secondary N) is 1. The van der Waals surface area contributed by atoms with Gasteiger partial charge in [0.25, 0.3) is 0 Å². The van der Waals surface area contributed by atoms with E-state index in [1.165, 1.54) is 77.8 Å². The number of allylic oxidation sites excluding steroid dienone is 12. The van der Waals surface area contributed by atoms with Crippen molar-refractivity contribution in [1.29, 1.82) is 0 Å². The van der Waals surface area contributed by atoms with E-state index in [-0.39, 0.29) is 5.92 Å². The third-order valence-corrected chi connectivity index (χ3v) is 16.8. The largest absolute Gasteiger partial charge is 0.460 e. The van der Waals surface area contributed by atoms with Crippen LogP contribution < -0.4 is 10.2 Å². The van der Waals surface area contributed by atoms with Crippen molar-refractivity contribution in [1.82, 2.24) is 9.88 Å². The predicted molar refractivity (Wildman–Crippen MR) is 328 cm³/mol. The minimum absolute atomic E-state index is 0.241. The zero-order chi connectivity index (χ0) is 52.4. The molecule has 3 heterocycles. The molecule has 79 heavy (non-hydrogen) atoms. The van der Waals surface area contributed by atoms with E-state index >= 15 is 0 Å². The molecule has 9 aromatic rings. The predicted octanol–water partition coefficient (Wildman–Crippen LogP) is 17.3. The molecule has 0 spiro atoms. The standard InChI is InChI=1S/C73H57N5O/c1-77(66-33-14-12-29-59(66)47-19-8-5-9-20-47)56-38-40-67-65(46-56)63-32-18-31-60(52-25-16-24-49(41-52)50-35-36-53-42-51-23-10-11-28-58(51)64(53)44-50)70(63)78(67)57-27-17-26-54(43-57)72-74-71(48-21-6-3-2-4-7-22-48)75-73(76-72)55-37-39-62-61-30-13-15-34-68(61)79-69(62)45-55/h2-3,5-6,8,10-13,16-19,21,23-32,35-41,43-46,48,72H,4,9,14-15,20,33-34,42H2,1H3,(H,74,75,76)/b3-2-,21-6-. The maximum absolute atomic E-state index is 6.49. The van der Waals surface area contributed by atoms with Crippen molar-refractivity contribution in [2.45, 2.75) is 57.5 Å². The highest BCUT2D eigenvalue weighted by molar-refractivity contribution is 6.15. The van der Waals surface area contributed by atoms with Crippen LogP contribution in [0.3, 0.4) is 0 Å². The Morgan fingerprint density at radius 1 is 0.646 bits per heavy atom. The molecule has 0 bridgehead atoms. The first-order chi connectivity index (χ1) is 39.1. The summed E-state index contributed by atoms with van der Waals surface area (Å²) in [6, 6.07) is 54.2. The molecule has 7 aromatic carbocycles. The molecule has 0 radical (unpaired) electrons. The molecule has 2 atom stereocenters. The quantitative estimate of drug-likeness (QED) is 0.147. The van der Waals surface area contributed by atoms with Gasteiger partial charge in [-0.2, -0.15) is 0 Å². The molecule has 0 fully saturated rings. The topological polar surface area (TPSA) is 58.1 Å². The van der Waals surface area contributed by atoms with Crippen LogP contribution in [0.25, 0.3) is 77.9 Å². The van der Waals surface area contributed by atoms with Crippen LogP contribution in [0.4, 0.5) is 5.69 Å². The van der Waals surface area contributed by atoms with E-state index in [9.17, 15) is 0 Å². The average molecular weight is 1020 g/mol. The summed E-state index contributed by atoms with van der Waals surface area (Å²) in [4.78, 5) is 13.1. The van der Waals surface area contributed by atoms with Gasteiger partial charge in [0.1, 0.15) is 23.3 Å². The summed E-state index contributed by atoms with van der Waals surface area (Å²) in [6.07, 6.45) is 31.5. The lowest BCUT2D eigenvalue weighted by atomic mass is 9.90. The summed E-state index contributed by atoms with van der Waals surface area (Å²) >= 11 is 0. The summed E-state index contributed by atoms with van der Waals surface area (Å²) < 4.78 is 8.97. The molecule has 2 aromatic heterocycles. The zero-order valence-corrected chi connectivity index (χ0v) is 44.2. The first-order valence-electron chi connectivity index (χ1n) is 28.0. The van der Waals surface area contributed by atoms with Gasteiger partial charge in [-0.15, -0.1) is 0 Å². The smallest absolute Gasteiger partial charge is 0.159 e. The minimum Gasteiger partial charge on any atom is -0.460 e. The Balaban J connectivity index is 0.882. The number of aliphatic imine (C=N–C) groups is 2. The molecular formula is C73H57N5O. The summed E-state index contributed by atoms with van der Waals surface area (Å²) in [6.45, 7) is 0. The van der Waals surface area contributed by atoms with E-state index in [1.54, 1.807) is 0 Å². The number of para-hydroxylation sites is 1. The zero-order valence-electron chi connectivity index (χ0n) is 44.2. The Kier molecular flexibility index (Phi) is 11.6. The molecular weight excluding hydrogens is 963 g/mol. The molecule has 6 aliphatic rings. The van der Waals surface area contributed by atoms with Gasteiger partial charge < -0.3 is 19.2 Å². The van der Waals surface area contributed by atoms with E-state index in [2.05, 4.69) is 246 Å². The summed E-state index contributed by atoms with van der Waals surface area (Å²) in [5, 5.41) is 7.31. The van der Waals surface area contributed by atoms with Crippen molar-refractivity contribution < 1.29 is 4.42 Å². The first kappa shape index (κ1) is 46.8. The van der Waals surface area contributed by atoms with Gasteiger partial charge in [-0.3, -0.25) is 0 Å². The van der Waals surface area contributed by atoms with E-state index in [1.807, 2.05) is 0 Å². The van der Waals surface area contributed by atoms with Gasteiger partial charge in [-0.05, 0) is 149 Å². The number of fused-ring (bicyclic) bond motifs is 9. The normalized spacial score (nSPS) is 18.9. The number of hydrogen-bond donors (Lipinski definition) is 1. The van der Waals surface area contributed by atoms with E-state index in [0.29, 0.717) is 12.3 Å². The molecule has 0 amide bonds. The van der Waals surface area contributed by atoms with Gasteiger partial charge in [0, 0.05) is 69.8 Å². The van der Waals surface area contributed by atoms with E-state index in [4.69, 9.17) is 14.4 Å². The van der Waals surface area contributed by atoms with Crippen LogP contribution in [0.15, 0.2) is 238 Å². The fourth-order valence-corrected chi connectivity index (χ4v) is 12.8. The number of aryl methyl sites for hydroxylation is 1. The SMILES string of the molecule is CN(C1=C(C2=CC=CCC2)C=CCC1)c1ccc2c(c1)c1cccc(-c3cccc(-c4ccc5c(c4)-c4ccccc4C5)c3)c1n2-c1cccc(C2N=C(c3ccc4c5c(oc4c3)CCC=C5)N=C(C3C#CC/C=C\C=C/3)N2)c1. The number of furan rings is 1. The molecule has 1 aliphatic heterocycles. The highest BCUT2D eigenvalue weighted by Gasteiger charge is 2.27. The highest BCUT2D eigenvalue weighted by atomic mass is 16.3. The Hall–Kier alpha value is -9.44. The fraction of sp³-hybridized carbons (Fsp3) is 0.151. The Bertz CT molecular complexity index is 4390. The number of benzene rings is 7. The molecule has 5 aliphatic carbocycles. The van der Waals surface area contributed by atoms with Crippen LogP contribution in [0.5, 0.6) is 0 Å². The molecule has 2 unspecified atom stereocenters. The Morgan fingerprint density at radius 3 is 2.46 bits per heavy atom. The van der Waals surface area contributed by atoms with Gasteiger partial charge in [0.15, 0.2) is 5.84 Å². The number of rotatable bonds is 9. The third-order valence-electron chi connectivity index (χ3n) is 16.8. The molecule has 380 valence electrons. The molecule has 6 nitrogen and oxygen atoms in total. The monoisotopic (exact) mass is 1020 g/mol. The lowest BCUT2D eigenvalue weighted by Crippen LogP contribution is -2.37. The molecule has 15 rings (SSSR count). The Morgan fingerprint density at radius 2 is 1.49 bits per heavy atom.